The average Bonchev–Trinajstić information content (AvgIpc) is 2.26. The number of hydrogen-bond acceptors (Lipinski definition) is 2. The zero-order valence-corrected chi connectivity index (χ0v) is 9.76. The average molecular weight is 269 g/mol. The molecule has 0 bridgehead atoms. The molecule has 2 N–H and O–H groups in total. The predicted molar refractivity (Wildman–Crippen MR) is 57.9 cm³/mol. The van der Waals surface area contributed by atoms with E-state index in [2.05, 4.69) is 0 Å². The molecule has 0 fully saturated rings. The zero-order valence-electron chi connectivity index (χ0n) is 9.00. The molecular formula is C11H12ClF3O2. The van der Waals surface area contributed by atoms with Crippen molar-refractivity contribution in [3.05, 3.63) is 34.9 Å². The van der Waals surface area contributed by atoms with Gasteiger partial charge in [0.25, 0.3) is 0 Å². The van der Waals surface area contributed by atoms with Gasteiger partial charge in [0.05, 0.1) is 17.5 Å². The minimum atomic E-state index is -4.48. The van der Waals surface area contributed by atoms with E-state index < -0.39 is 23.9 Å². The second kappa shape index (κ2) is 5.25. The summed E-state index contributed by atoms with van der Waals surface area (Å²) in [4.78, 5) is 0. The van der Waals surface area contributed by atoms with Crippen molar-refractivity contribution in [2.75, 3.05) is 5.88 Å². The maximum absolute atomic E-state index is 12.6. The Morgan fingerprint density at radius 2 is 1.88 bits per heavy atom. The van der Waals surface area contributed by atoms with E-state index in [1.54, 1.807) is 0 Å². The Bertz CT molecular complexity index is 393. The van der Waals surface area contributed by atoms with Crippen molar-refractivity contribution in [3.8, 4) is 0 Å². The predicted octanol–water partition coefficient (Wildman–Crippen LogP) is 2.65. The van der Waals surface area contributed by atoms with Gasteiger partial charge in [0.15, 0.2) is 0 Å². The van der Waals surface area contributed by atoms with Crippen LogP contribution in [0.3, 0.4) is 0 Å². The maximum Gasteiger partial charge on any atom is 0.416 e. The molecule has 2 atom stereocenters. The lowest BCUT2D eigenvalue weighted by atomic mass is 9.99. The van der Waals surface area contributed by atoms with Crippen molar-refractivity contribution in [2.45, 2.75) is 25.3 Å². The third kappa shape index (κ3) is 3.34. The summed E-state index contributed by atoms with van der Waals surface area (Å²) in [6.45, 7) is 1.33. The number of halogens is 4. The fourth-order valence-electron chi connectivity index (χ4n) is 1.44. The van der Waals surface area contributed by atoms with Gasteiger partial charge in [0.1, 0.15) is 6.10 Å². The first-order valence-corrected chi connectivity index (χ1v) is 5.40. The van der Waals surface area contributed by atoms with Gasteiger partial charge in [-0.2, -0.15) is 13.2 Å². The minimum absolute atomic E-state index is 0.00363. The van der Waals surface area contributed by atoms with Gasteiger partial charge in [-0.25, -0.2) is 0 Å². The van der Waals surface area contributed by atoms with Crippen molar-refractivity contribution >= 4 is 11.6 Å². The monoisotopic (exact) mass is 268 g/mol. The minimum Gasteiger partial charge on any atom is -0.389 e. The van der Waals surface area contributed by atoms with Gasteiger partial charge >= 0.3 is 6.18 Å². The van der Waals surface area contributed by atoms with E-state index >= 15 is 0 Å². The number of benzene rings is 1. The molecule has 0 radical (unpaired) electrons. The lowest BCUT2D eigenvalue weighted by Crippen LogP contribution is -2.20. The molecule has 0 amide bonds. The van der Waals surface area contributed by atoms with Crippen LogP contribution in [0.5, 0.6) is 0 Å². The van der Waals surface area contributed by atoms with Gasteiger partial charge in [-0.05, 0) is 24.1 Å². The summed E-state index contributed by atoms with van der Waals surface area (Å²) in [6.07, 6.45) is -7.19. The molecule has 17 heavy (non-hydrogen) atoms. The van der Waals surface area contributed by atoms with Crippen LogP contribution < -0.4 is 0 Å². The van der Waals surface area contributed by atoms with E-state index in [1.165, 1.54) is 19.1 Å². The van der Waals surface area contributed by atoms with Gasteiger partial charge in [-0.3, -0.25) is 0 Å². The summed E-state index contributed by atoms with van der Waals surface area (Å²) in [5.41, 5.74) is -0.763. The first kappa shape index (κ1) is 14.3. The molecule has 0 aromatic heterocycles. The Labute approximate surface area is 102 Å². The van der Waals surface area contributed by atoms with Crippen LogP contribution >= 0.6 is 11.6 Å². The molecule has 1 rings (SSSR count). The highest BCUT2D eigenvalue weighted by atomic mass is 35.5. The van der Waals surface area contributed by atoms with Crippen LogP contribution in [0.25, 0.3) is 0 Å². The van der Waals surface area contributed by atoms with Crippen molar-refractivity contribution in [1.82, 2.24) is 0 Å². The zero-order chi connectivity index (χ0) is 13.2. The van der Waals surface area contributed by atoms with E-state index in [-0.39, 0.29) is 17.0 Å². The van der Waals surface area contributed by atoms with Crippen LogP contribution in [0.2, 0.25) is 0 Å². The molecule has 96 valence electrons. The quantitative estimate of drug-likeness (QED) is 0.828. The lowest BCUT2D eigenvalue weighted by Gasteiger charge is -2.18. The summed E-state index contributed by atoms with van der Waals surface area (Å²) >= 11 is 5.33. The van der Waals surface area contributed by atoms with Crippen LogP contribution in [0.1, 0.15) is 22.8 Å². The Morgan fingerprint density at radius 3 is 2.35 bits per heavy atom. The fraction of sp³-hybridized carbons (Fsp3) is 0.455. The number of hydrogen-bond donors (Lipinski definition) is 2. The van der Waals surface area contributed by atoms with Crippen LogP contribution in [-0.2, 0) is 6.18 Å². The molecule has 0 aliphatic rings. The van der Waals surface area contributed by atoms with Crippen LogP contribution in [0, 0.1) is 6.92 Å². The highest BCUT2D eigenvalue weighted by Gasteiger charge is 2.33. The Morgan fingerprint density at radius 1 is 1.29 bits per heavy atom. The van der Waals surface area contributed by atoms with Crippen LogP contribution in [0.15, 0.2) is 18.2 Å². The van der Waals surface area contributed by atoms with E-state index in [1.807, 2.05) is 0 Å². The highest BCUT2D eigenvalue weighted by Crippen LogP contribution is 2.33. The van der Waals surface area contributed by atoms with Crippen LogP contribution in [0.4, 0.5) is 13.2 Å². The second-order valence-corrected chi connectivity index (χ2v) is 4.05. The molecular weight excluding hydrogens is 257 g/mol. The van der Waals surface area contributed by atoms with Crippen molar-refractivity contribution in [1.29, 1.82) is 0 Å². The molecule has 0 aliphatic carbocycles. The molecule has 1 aromatic rings. The van der Waals surface area contributed by atoms with Crippen molar-refractivity contribution < 1.29 is 23.4 Å². The summed E-state index contributed by atoms with van der Waals surface area (Å²) in [7, 11) is 0. The standard InChI is InChI=1S/C11H12ClF3O2/c1-6-2-3-7(10(17)9(16)5-12)4-8(6)11(13,14)15/h2-4,9-10,16-17H,5H2,1H3. The van der Waals surface area contributed by atoms with Gasteiger partial charge in [0, 0.05) is 0 Å². The topological polar surface area (TPSA) is 40.5 Å². The lowest BCUT2D eigenvalue weighted by molar-refractivity contribution is -0.138. The maximum atomic E-state index is 12.6. The summed E-state index contributed by atoms with van der Waals surface area (Å²) in [5, 5.41) is 18.8. The number of aryl methyl sites for hydroxylation is 1. The summed E-state index contributed by atoms with van der Waals surface area (Å²) in [5.74, 6) is -0.254. The molecule has 0 aliphatic heterocycles. The molecule has 6 heteroatoms. The smallest absolute Gasteiger partial charge is 0.389 e. The van der Waals surface area contributed by atoms with E-state index in [4.69, 9.17) is 11.6 Å². The first-order valence-electron chi connectivity index (χ1n) is 4.87. The number of rotatable bonds is 3. The number of alkyl halides is 4. The largest absolute Gasteiger partial charge is 0.416 e. The van der Waals surface area contributed by atoms with Gasteiger partial charge < -0.3 is 10.2 Å². The third-order valence-electron chi connectivity index (χ3n) is 2.43. The number of aliphatic hydroxyl groups is 2. The van der Waals surface area contributed by atoms with Crippen molar-refractivity contribution in [2.24, 2.45) is 0 Å². The molecule has 2 nitrogen and oxygen atoms in total. The van der Waals surface area contributed by atoms with Gasteiger partial charge in [-0.15, -0.1) is 11.6 Å². The first-order chi connectivity index (χ1) is 7.77. The molecule has 1 aromatic carbocycles. The molecule has 0 saturated carbocycles. The highest BCUT2D eigenvalue weighted by molar-refractivity contribution is 6.18. The summed E-state index contributed by atoms with van der Waals surface area (Å²) < 4.78 is 37.8. The Kier molecular flexibility index (Phi) is 4.41. The fourth-order valence-corrected chi connectivity index (χ4v) is 1.60. The molecule has 0 saturated heterocycles. The SMILES string of the molecule is Cc1ccc(C(O)C(O)CCl)cc1C(F)(F)F. The third-order valence-corrected chi connectivity index (χ3v) is 2.75. The van der Waals surface area contributed by atoms with Gasteiger partial charge in [-0.1, -0.05) is 12.1 Å². The normalized spacial score (nSPS) is 15.7. The van der Waals surface area contributed by atoms with Gasteiger partial charge in [0.2, 0.25) is 0 Å². The molecule has 2 unspecified atom stereocenters. The number of aliphatic hydroxyl groups excluding tert-OH is 2. The second-order valence-electron chi connectivity index (χ2n) is 3.74. The summed E-state index contributed by atoms with van der Waals surface area (Å²) in [6, 6.07) is 3.42. The van der Waals surface area contributed by atoms with E-state index in [0.717, 1.165) is 6.07 Å². The Balaban J connectivity index is 3.13. The van der Waals surface area contributed by atoms with E-state index in [9.17, 15) is 23.4 Å². The molecule has 0 spiro atoms. The van der Waals surface area contributed by atoms with Crippen molar-refractivity contribution in [3.63, 3.8) is 0 Å². The Hall–Kier alpha value is -0.780. The van der Waals surface area contributed by atoms with E-state index in [0.29, 0.717) is 0 Å². The molecule has 0 heterocycles. The van der Waals surface area contributed by atoms with Crippen LogP contribution in [-0.4, -0.2) is 22.2 Å².